The second kappa shape index (κ2) is 7.80. The quantitative estimate of drug-likeness (QED) is 0.787. The molecule has 19 heavy (non-hydrogen) atoms. The molecule has 2 N–H and O–H groups in total. The zero-order chi connectivity index (χ0) is 14.4. The van der Waals surface area contributed by atoms with E-state index in [-0.39, 0.29) is 6.04 Å². The van der Waals surface area contributed by atoms with Gasteiger partial charge >= 0.3 is 0 Å². The van der Waals surface area contributed by atoms with E-state index in [1.54, 1.807) is 26.4 Å². The van der Waals surface area contributed by atoms with E-state index < -0.39 is 0 Å². The fourth-order valence-electron chi connectivity index (χ4n) is 1.93. The van der Waals surface area contributed by atoms with Crippen molar-refractivity contribution < 1.29 is 9.47 Å². The number of ether oxygens (including phenoxy) is 2. The van der Waals surface area contributed by atoms with Crippen LogP contribution in [0.3, 0.4) is 0 Å². The Morgan fingerprint density at radius 1 is 1.21 bits per heavy atom. The molecule has 1 aromatic carbocycles. The summed E-state index contributed by atoms with van der Waals surface area (Å²) in [4.78, 5) is 2.07. The SMILES string of the molecule is COCCN(c1c(Cl)cc(N)cc1Cl)C(C)COC. The molecule has 0 aliphatic carbocycles. The van der Waals surface area contributed by atoms with Gasteiger partial charge < -0.3 is 20.1 Å². The average Bonchev–Trinajstić information content (AvgIpc) is 2.32. The molecule has 6 heteroatoms. The second-order valence-electron chi connectivity index (χ2n) is 4.32. The van der Waals surface area contributed by atoms with Crippen LogP contribution >= 0.6 is 23.2 Å². The molecule has 0 aliphatic rings. The minimum Gasteiger partial charge on any atom is -0.399 e. The molecule has 1 rings (SSSR count). The van der Waals surface area contributed by atoms with Crippen LogP contribution in [0.15, 0.2) is 12.1 Å². The summed E-state index contributed by atoms with van der Waals surface area (Å²) < 4.78 is 10.3. The van der Waals surface area contributed by atoms with Crippen LogP contribution in [0.25, 0.3) is 0 Å². The zero-order valence-electron chi connectivity index (χ0n) is 11.5. The summed E-state index contributed by atoms with van der Waals surface area (Å²) in [5.41, 5.74) is 7.04. The first-order valence-corrected chi connectivity index (χ1v) is 6.75. The van der Waals surface area contributed by atoms with E-state index in [4.69, 9.17) is 38.4 Å². The highest BCUT2D eigenvalue weighted by Crippen LogP contribution is 2.36. The van der Waals surface area contributed by atoms with Crippen molar-refractivity contribution in [3.8, 4) is 0 Å². The third kappa shape index (κ3) is 4.42. The van der Waals surface area contributed by atoms with Gasteiger partial charge in [-0.15, -0.1) is 0 Å². The van der Waals surface area contributed by atoms with Crippen molar-refractivity contribution in [2.45, 2.75) is 13.0 Å². The lowest BCUT2D eigenvalue weighted by molar-refractivity contribution is 0.171. The van der Waals surface area contributed by atoms with Crippen molar-refractivity contribution in [3.05, 3.63) is 22.2 Å². The number of methoxy groups -OCH3 is 2. The van der Waals surface area contributed by atoms with Crippen molar-refractivity contribution in [2.75, 3.05) is 44.6 Å². The minimum absolute atomic E-state index is 0.124. The zero-order valence-corrected chi connectivity index (χ0v) is 13.0. The minimum atomic E-state index is 0.124. The van der Waals surface area contributed by atoms with Gasteiger partial charge in [0, 0.05) is 32.5 Å². The van der Waals surface area contributed by atoms with Crippen LogP contribution in [0.2, 0.25) is 10.0 Å². The average molecular weight is 307 g/mol. The molecular weight excluding hydrogens is 287 g/mol. The van der Waals surface area contributed by atoms with E-state index in [1.807, 2.05) is 6.92 Å². The van der Waals surface area contributed by atoms with Gasteiger partial charge in [0.1, 0.15) is 0 Å². The highest BCUT2D eigenvalue weighted by molar-refractivity contribution is 6.39. The van der Waals surface area contributed by atoms with Crippen molar-refractivity contribution >= 4 is 34.6 Å². The van der Waals surface area contributed by atoms with Crippen molar-refractivity contribution in [3.63, 3.8) is 0 Å². The van der Waals surface area contributed by atoms with Crippen LogP contribution in [0.1, 0.15) is 6.92 Å². The summed E-state index contributed by atoms with van der Waals surface area (Å²) in [6.07, 6.45) is 0. The second-order valence-corrected chi connectivity index (χ2v) is 5.14. The number of rotatable bonds is 7. The number of nitrogen functional groups attached to an aromatic ring is 1. The Bertz CT molecular complexity index is 393. The molecule has 0 aliphatic heterocycles. The summed E-state index contributed by atoms with van der Waals surface area (Å²) in [6, 6.07) is 3.52. The molecule has 0 spiro atoms. The van der Waals surface area contributed by atoms with Gasteiger partial charge in [-0.05, 0) is 19.1 Å². The van der Waals surface area contributed by atoms with Crippen LogP contribution in [0.4, 0.5) is 11.4 Å². The number of nitrogens with two attached hydrogens (primary N) is 1. The predicted octanol–water partition coefficient (Wildman–Crippen LogP) is 3.06. The van der Waals surface area contributed by atoms with E-state index in [2.05, 4.69) is 4.90 Å². The number of hydrogen-bond donors (Lipinski definition) is 1. The highest BCUT2D eigenvalue weighted by atomic mass is 35.5. The van der Waals surface area contributed by atoms with E-state index in [0.717, 1.165) is 5.69 Å². The third-order valence-corrected chi connectivity index (χ3v) is 3.38. The Morgan fingerprint density at radius 3 is 2.26 bits per heavy atom. The summed E-state index contributed by atoms with van der Waals surface area (Å²) >= 11 is 12.5. The number of hydrogen-bond acceptors (Lipinski definition) is 4. The molecule has 1 atom stereocenters. The van der Waals surface area contributed by atoms with Gasteiger partial charge in [0.25, 0.3) is 0 Å². The van der Waals surface area contributed by atoms with Crippen molar-refractivity contribution in [1.29, 1.82) is 0 Å². The van der Waals surface area contributed by atoms with Gasteiger partial charge in [-0.3, -0.25) is 0 Å². The molecular formula is C13H20Cl2N2O2. The largest absolute Gasteiger partial charge is 0.399 e. The maximum absolute atomic E-state index is 6.26. The molecule has 0 aromatic heterocycles. The van der Waals surface area contributed by atoms with Crippen LogP contribution in [-0.4, -0.2) is 40.0 Å². The molecule has 0 saturated carbocycles. The number of anilines is 2. The van der Waals surface area contributed by atoms with Gasteiger partial charge in [-0.1, -0.05) is 23.2 Å². The molecule has 1 unspecified atom stereocenters. The summed E-state index contributed by atoms with van der Waals surface area (Å²) in [7, 11) is 3.32. The molecule has 108 valence electrons. The number of benzene rings is 1. The first-order chi connectivity index (χ1) is 9.01. The molecule has 4 nitrogen and oxygen atoms in total. The molecule has 0 saturated heterocycles. The Morgan fingerprint density at radius 2 is 1.79 bits per heavy atom. The van der Waals surface area contributed by atoms with E-state index in [9.17, 15) is 0 Å². The third-order valence-electron chi connectivity index (χ3n) is 2.80. The van der Waals surface area contributed by atoms with Crippen molar-refractivity contribution in [2.24, 2.45) is 0 Å². The Balaban J connectivity index is 3.09. The molecule has 0 fully saturated rings. The Kier molecular flexibility index (Phi) is 6.72. The van der Waals surface area contributed by atoms with E-state index >= 15 is 0 Å². The lowest BCUT2D eigenvalue weighted by Gasteiger charge is -2.32. The molecule has 0 amide bonds. The summed E-state index contributed by atoms with van der Waals surface area (Å²) in [5.74, 6) is 0. The first kappa shape index (κ1) is 16.4. The maximum Gasteiger partial charge on any atom is 0.0750 e. The predicted molar refractivity (Wildman–Crippen MR) is 81.4 cm³/mol. The number of halogens is 2. The monoisotopic (exact) mass is 306 g/mol. The van der Waals surface area contributed by atoms with Crippen molar-refractivity contribution in [1.82, 2.24) is 0 Å². The van der Waals surface area contributed by atoms with Gasteiger partial charge in [-0.2, -0.15) is 0 Å². The molecule has 0 radical (unpaired) electrons. The highest BCUT2D eigenvalue weighted by Gasteiger charge is 2.20. The summed E-state index contributed by atoms with van der Waals surface area (Å²) in [6.45, 7) is 3.86. The molecule has 0 heterocycles. The summed E-state index contributed by atoms with van der Waals surface area (Å²) in [5, 5.41) is 1.06. The van der Waals surface area contributed by atoms with Crippen LogP contribution in [0, 0.1) is 0 Å². The molecule has 0 bridgehead atoms. The van der Waals surface area contributed by atoms with Crippen LogP contribution < -0.4 is 10.6 Å². The first-order valence-electron chi connectivity index (χ1n) is 6.00. The van der Waals surface area contributed by atoms with E-state index in [1.165, 1.54) is 0 Å². The maximum atomic E-state index is 6.26. The lowest BCUT2D eigenvalue weighted by atomic mass is 10.2. The van der Waals surface area contributed by atoms with Gasteiger partial charge in [0.2, 0.25) is 0 Å². The topological polar surface area (TPSA) is 47.7 Å². The Labute approximate surface area is 124 Å². The number of nitrogens with zero attached hydrogens (tertiary/aromatic N) is 1. The van der Waals surface area contributed by atoms with Crippen LogP contribution in [0.5, 0.6) is 0 Å². The lowest BCUT2D eigenvalue weighted by Crippen LogP contribution is -2.39. The normalized spacial score (nSPS) is 12.5. The van der Waals surface area contributed by atoms with E-state index in [0.29, 0.717) is 35.5 Å². The van der Waals surface area contributed by atoms with Gasteiger partial charge in [0.15, 0.2) is 0 Å². The van der Waals surface area contributed by atoms with Crippen LogP contribution in [-0.2, 0) is 9.47 Å². The Hall–Kier alpha value is -0.680. The standard InChI is InChI=1S/C13H20Cl2N2O2/c1-9(8-19-3)17(4-5-18-2)13-11(14)6-10(16)7-12(13)15/h6-7,9H,4-5,8,16H2,1-3H3. The smallest absolute Gasteiger partial charge is 0.0750 e. The fourth-order valence-corrected chi connectivity index (χ4v) is 2.65. The fraction of sp³-hybridized carbons (Fsp3) is 0.538. The molecule has 1 aromatic rings. The van der Waals surface area contributed by atoms with Gasteiger partial charge in [-0.25, -0.2) is 0 Å². The van der Waals surface area contributed by atoms with Gasteiger partial charge in [0.05, 0.1) is 28.9 Å².